The molecule has 1 fully saturated rings. The Morgan fingerprint density at radius 3 is 2.00 bits per heavy atom. The maximum absolute atomic E-state index is 11.9. The van der Waals surface area contributed by atoms with E-state index in [1.165, 1.54) is 0 Å². The van der Waals surface area contributed by atoms with E-state index in [1.807, 2.05) is 4.98 Å². The predicted molar refractivity (Wildman–Crippen MR) is 118 cm³/mol. The first kappa shape index (κ1) is 40.3. The van der Waals surface area contributed by atoms with Gasteiger partial charge in [0.1, 0.15) is 18.3 Å². The third kappa shape index (κ3) is 11.7. The fourth-order valence-electron chi connectivity index (χ4n) is 2.22. The molecule has 0 bridgehead atoms. The van der Waals surface area contributed by atoms with Gasteiger partial charge >= 0.3 is 29.2 Å². The fourth-order valence-corrected chi connectivity index (χ4v) is 5.57. The first-order valence-electron chi connectivity index (χ1n) is 7.32. The van der Waals surface area contributed by atoms with Crippen LogP contribution in [0, 0.1) is 0 Å². The van der Waals surface area contributed by atoms with Crippen LogP contribution in [-0.2, 0) is 31.6 Å². The number of H-pyrrole nitrogens is 1. The summed E-state index contributed by atoms with van der Waals surface area (Å²) in [5.74, 6) is 0. The predicted octanol–water partition coefficient (Wildman–Crippen LogP) is -3.26. The number of rotatable bonds is 8. The number of nitrogens with one attached hydrogen (secondary N) is 1. The summed E-state index contributed by atoms with van der Waals surface area (Å²) in [6.45, 7) is -1.06. The molecule has 1 aromatic heterocycles. The molecule has 0 spiro atoms. The Balaban J connectivity index is -0.00000240. The summed E-state index contributed by atoms with van der Waals surface area (Å²) in [5.41, 5.74) is -1.80. The van der Waals surface area contributed by atoms with Crippen molar-refractivity contribution in [3.8, 4) is 0 Å². The summed E-state index contributed by atoms with van der Waals surface area (Å²) < 4.78 is 50.6. The van der Waals surface area contributed by atoms with Crippen molar-refractivity contribution in [3.05, 3.63) is 31.5 Å². The number of nitrogens with zero attached hydrogens (tertiary/aromatic N) is 1. The van der Waals surface area contributed by atoms with Gasteiger partial charge in [-0.05, 0) is 15.9 Å². The first-order valence-corrected chi connectivity index (χ1v) is 12.6. The van der Waals surface area contributed by atoms with E-state index in [-0.39, 0.29) is 79.9 Å². The number of aliphatic hydroxyl groups excluding tert-OH is 2. The van der Waals surface area contributed by atoms with Crippen LogP contribution < -0.4 is 11.2 Å². The second-order valence-corrected chi connectivity index (χ2v) is 10.9. The van der Waals surface area contributed by atoms with Crippen LogP contribution in [0.3, 0.4) is 0 Å². The second kappa shape index (κ2) is 15.4. The maximum atomic E-state index is 11.9. The standard InChI is InChI=1S/C9H14BrN2O15P3.4Li/c10-3-1-12(9(16)11-7(3)15)8-6(14)5(13)4(25-8)2-24-29(20,21)27-30(22,23)26-28(17,18)19;;;;/h1,4-6,8,13-14H,2H2,(H,20,21)(H,22,23)(H,11,15,16)(H2,17,18,19);;;;/t4-,5-,6-,8-;;;;/m1..../s1. The number of aliphatic hydroxyl groups is 2. The monoisotopic (exact) mass is 590 g/mol. The largest absolute Gasteiger partial charge is 0.490 e. The van der Waals surface area contributed by atoms with Gasteiger partial charge in [0.2, 0.25) is 0 Å². The Bertz CT molecular complexity index is 1070. The van der Waals surface area contributed by atoms with E-state index in [4.69, 9.17) is 19.4 Å². The number of hydrogen-bond donors (Lipinski definition) is 7. The fraction of sp³-hybridized carbons (Fsp3) is 0.556. The van der Waals surface area contributed by atoms with Gasteiger partial charge in [0.05, 0.1) is 11.1 Å². The van der Waals surface area contributed by atoms with Crippen LogP contribution in [0.2, 0.25) is 0 Å². The molecule has 2 rings (SSSR count). The molecule has 0 aromatic carbocycles. The van der Waals surface area contributed by atoms with Crippen LogP contribution in [0.1, 0.15) is 6.23 Å². The summed E-state index contributed by atoms with van der Waals surface area (Å²) in [6.07, 6.45) is -5.80. The van der Waals surface area contributed by atoms with Crippen LogP contribution in [0.25, 0.3) is 0 Å². The van der Waals surface area contributed by atoms with Gasteiger partial charge < -0.3 is 34.5 Å². The molecule has 25 heteroatoms. The Morgan fingerprint density at radius 1 is 0.971 bits per heavy atom. The number of ether oxygens (including phenoxy) is 1. The van der Waals surface area contributed by atoms with Crippen molar-refractivity contribution in [3.63, 3.8) is 0 Å². The average Bonchev–Trinajstić information content (AvgIpc) is 2.81. The molecule has 1 aromatic rings. The molecule has 4 radical (unpaired) electrons. The van der Waals surface area contributed by atoms with E-state index in [0.29, 0.717) is 4.57 Å². The average molecular weight is 591 g/mol. The molecule has 7 N–H and O–H groups in total. The van der Waals surface area contributed by atoms with Gasteiger partial charge in [-0.15, -0.1) is 0 Å². The molecule has 176 valence electrons. The molecule has 2 heterocycles. The summed E-state index contributed by atoms with van der Waals surface area (Å²) >= 11 is 2.85. The van der Waals surface area contributed by atoms with E-state index in [0.717, 1.165) is 6.20 Å². The van der Waals surface area contributed by atoms with Crippen molar-refractivity contribution in [1.29, 1.82) is 0 Å². The third-order valence-electron chi connectivity index (χ3n) is 3.35. The number of aromatic nitrogens is 2. The molecular weight excluding hydrogens is 577 g/mol. The van der Waals surface area contributed by atoms with Gasteiger partial charge in [-0.1, -0.05) is 0 Å². The van der Waals surface area contributed by atoms with E-state index in [2.05, 4.69) is 29.1 Å². The minimum atomic E-state index is -5.74. The SMILES string of the molecule is O=c1[nH]c(=O)n([C@@H]2O[C@H](COP(=O)(O)OP(=O)(O)OP(=O)(O)O)[C@@H](O)[C@H]2O)cc1Br.[Li].[Li].[Li].[Li]. The maximum Gasteiger partial charge on any atom is 0.490 e. The molecule has 2 unspecified atom stereocenters. The summed E-state index contributed by atoms with van der Waals surface area (Å²) in [5, 5.41) is 20.0. The molecule has 1 aliphatic rings. The summed E-state index contributed by atoms with van der Waals surface area (Å²) in [6, 6.07) is 0. The molecular formula is C9H14BrLi4N2O15P3. The zero-order valence-electron chi connectivity index (χ0n) is 18.1. The van der Waals surface area contributed by atoms with E-state index in [1.54, 1.807) is 0 Å². The summed E-state index contributed by atoms with van der Waals surface area (Å²) in [4.78, 5) is 60.5. The molecule has 34 heavy (non-hydrogen) atoms. The minimum absolute atomic E-state index is 0. The second-order valence-electron chi connectivity index (χ2n) is 5.58. The Hall–Kier alpha value is 1.84. The molecule has 0 saturated carbocycles. The van der Waals surface area contributed by atoms with Crippen molar-refractivity contribution >= 4 is 115 Å². The quantitative estimate of drug-likeness (QED) is 0.116. The van der Waals surface area contributed by atoms with Gasteiger partial charge in [0.25, 0.3) is 5.56 Å². The van der Waals surface area contributed by atoms with Crippen LogP contribution >= 0.6 is 39.4 Å². The van der Waals surface area contributed by atoms with Gasteiger partial charge in [0.15, 0.2) is 6.23 Å². The smallest absolute Gasteiger partial charge is 0.387 e. The Labute approximate surface area is 246 Å². The number of phosphoric ester groups is 1. The molecule has 0 amide bonds. The molecule has 1 saturated heterocycles. The third-order valence-corrected chi connectivity index (χ3v) is 7.72. The molecule has 6 atom stereocenters. The van der Waals surface area contributed by atoms with Crippen molar-refractivity contribution in [1.82, 2.24) is 9.55 Å². The molecule has 0 aliphatic carbocycles. The van der Waals surface area contributed by atoms with Gasteiger partial charge in [-0.3, -0.25) is 18.9 Å². The Morgan fingerprint density at radius 2 is 1.50 bits per heavy atom. The first-order chi connectivity index (χ1) is 13.5. The van der Waals surface area contributed by atoms with E-state index < -0.39 is 65.9 Å². The van der Waals surface area contributed by atoms with Crippen molar-refractivity contribution in [2.75, 3.05) is 6.61 Å². The number of halogens is 1. The van der Waals surface area contributed by atoms with Crippen molar-refractivity contribution in [2.24, 2.45) is 0 Å². The van der Waals surface area contributed by atoms with Crippen LogP contribution in [-0.4, -0.2) is 140 Å². The van der Waals surface area contributed by atoms with E-state index >= 15 is 0 Å². The summed E-state index contributed by atoms with van der Waals surface area (Å²) in [7, 11) is -16.8. The zero-order valence-corrected chi connectivity index (χ0v) is 22.4. The number of phosphoric acid groups is 3. The molecule has 1 aliphatic heterocycles. The van der Waals surface area contributed by atoms with Gasteiger partial charge in [-0.2, -0.15) is 8.62 Å². The number of hydrogen-bond acceptors (Lipinski definition) is 11. The van der Waals surface area contributed by atoms with Gasteiger partial charge in [-0.25, -0.2) is 18.5 Å². The zero-order chi connectivity index (χ0) is 23.1. The molecule has 17 nitrogen and oxygen atoms in total. The normalized spacial score (nSPS) is 25.4. The Kier molecular flexibility index (Phi) is 18.3. The van der Waals surface area contributed by atoms with E-state index in [9.17, 15) is 38.4 Å². The minimum Gasteiger partial charge on any atom is -0.387 e. The van der Waals surface area contributed by atoms with Crippen LogP contribution in [0.4, 0.5) is 0 Å². The van der Waals surface area contributed by atoms with Crippen LogP contribution in [0.15, 0.2) is 20.3 Å². The topological polar surface area (TPSA) is 264 Å². The number of aromatic amines is 1. The van der Waals surface area contributed by atoms with Gasteiger partial charge in [0, 0.05) is 81.6 Å². The van der Waals surface area contributed by atoms with Crippen LogP contribution in [0.5, 0.6) is 0 Å². The van der Waals surface area contributed by atoms with Crippen molar-refractivity contribution < 1.29 is 61.4 Å². The van der Waals surface area contributed by atoms with Crippen molar-refractivity contribution in [2.45, 2.75) is 24.5 Å².